The highest BCUT2D eigenvalue weighted by molar-refractivity contribution is 7.18. The Kier molecular flexibility index (Phi) is 5.51. The molecular formula is C18H15F6N3S. The number of rotatable bonds is 5. The summed E-state index contributed by atoms with van der Waals surface area (Å²) in [5.41, 5.74) is -0.00440. The van der Waals surface area contributed by atoms with Gasteiger partial charge < -0.3 is 5.32 Å². The molecule has 28 heavy (non-hydrogen) atoms. The van der Waals surface area contributed by atoms with Gasteiger partial charge in [-0.1, -0.05) is 12.1 Å². The minimum atomic E-state index is -4.65. The first-order valence-corrected chi connectivity index (χ1v) is 9.11. The van der Waals surface area contributed by atoms with Gasteiger partial charge >= 0.3 is 12.4 Å². The fraction of sp³-hybridized carbons (Fsp3) is 0.333. The van der Waals surface area contributed by atoms with Gasteiger partial charge in [-0.25, -0.2) is 9.97 Å². The summed E-state index contributed by atoms with van der Waals surface area (Å²) in [6.45, 7) is 2.09. The summed E-state index contributed by atoms with van der Waals surface area (Å²) in [7, 11) is 0. The van der Waals surface area contributed by atoms with E-state index in [9.17, 15) is 26.3 Å². The smallest absolute Gasteiger partial charge is 0.369 e. The van der Waals surface area contributed by atoms with Crippen molar-refractivity contribution in [3.05, 3.63) is 52.2 Å². The minimum absolute atomic E-state index is 0.106. The second-order valence-electron chi connectivity index (χ2n) is 6.19. The molecule has 3 rings (SSSR count). The number of thiophene rings is 1. The molecule has 1 N–H and O–H groups in total. The van der Waals surface area contributed by atoms with Crippen LogP contribution in [0.3, 0.4) is 0 Å². The summed E-state index contributed by atoms with van der Waals surface area (Å²) in [5.74, 6) is -1.10. The average molecular weight is 419 g/mol. The topological polar surface area (TPSA) is 37.8 Å². The third kappa shape index (κ3) is 4.73. The zero-order valence-electron chi connectivity index (χ0n) is 14.6. The van der Waals surface area contributed by atoms with Crippen LogP contribution in [-0.2, 0) is 18.8 Å². The number of hydrogen-bond donors (Lipinski definition) is 1. The van der Waals surface area contributed by atoms with Crippen molar-refractivity contribution in [1.29, 1.82) is 0 Å². The van der Waals surface area contributed by atoms with Gasteiger partial charge in [0.2, 0.25) is 5.82 Å². The maximum atomic E-state index is 13.0. The van der Waals surface area contributed by atoms with Crippen molar-refractivity contribution in [3.63, 3.8) is 0 Å². The lowest BCUT2D eigenvalue weighted by Crippen LogP contribution is -2.14. The standard InChI is InChI=1S/C18H15F6N3S/c1-10-9-13-14(26-16(18(22,23)24)27-15(13)28-10)25-8-2-3-11-4-6-12(7-5-11)17(19,20)21/h4-7,9H,2-3,8H2,1H3,(H,25,26,27). The molecule has 0 aliphatic carbocycles. The number of halogens is 6. The molecule has 3 nitrogen and oxygen atoms in total. The summed E-state index contributed by atoms with van der Waals surface area (Å²) in [6, 6.07) is 6.55. The van der Waals surface area contributed by atoms with Crippen LogP contribution >= 0.6 is 11.3 Å². The Balaban J connectivity index is 1.67. The van der Waals surface area contributed by atoms with Crippen molar-refractivity contribution in [3.8, 4) is 0 Å². The molecule has 1 aromatic carbocycles. The number of hydrogen-bond acceptors (Lipinski definition) is 4. The van der Waals surface area contributed by atoms with Gasteiger partial charge in [-0.15, -0.1) is 11.3 Å². The average Bonchev–Trinajstić information content (AvgIpc) is 2.97. The number of nitrogens with one attached hydrogen (secondary N) is 1. The van der Waals surface area contributed by atoms with Gasteiger partial charge in [-0.2, -0.15) is 26.3 Å². The number of nitrogens with zero attached hydrogens (tertiary/aromatic N) is 2. The molecule has 0 amide bonds. The molecule has 0 saturated carbocycles. The van der Waals surface area contributed by atoms with Crippen LogP contribution in [0, 0.1) is 6.92 Å². The summed E-state index contributed by atoms with van der Waals surface area (Å²) in [4.78, 5) is 8.26. The summed E-state index contributed by atoms with van der Waals surface area (Å²) in [6.07, 6.45) is -8.04. The highest BCUT2D eigenvalue weighted by Gasteiger charge is 2.36. The predicted octanol–water partition coefficient (Wildman–Crippen LogP) is 6.08. The van der Waals surface area contributed by atoms with Crippen molar-refractivity contribution >= 4 is 27.4 Å². The molecule has 0 bridgehead atoms. The SMILES string of the molecule is Cc1cc2c(NCCCc3ccc(C(F)(F)F)cc3)nc(C(F)(F)F)nc2s1. The molecule has 0 unspecified atom stereocenters. The molecule has 0 radical (unpaired) electrons. The zero-order chi connectivity index (χ0) is 20.5. The van der Waals surface area contributed by atoms with Crippen LogP contribution in [-0.4, -0.2) is 16.5 Å². The Labute approximate surface area is 160 Å². The van der Waals surface area contributed by atoms with E-state index in [1.807, 2.05) is 0 Å². The summed E-state index contributed by atoms with van der Waals surface area (Å²) >= 11 is 1.15. The normalized spacial score (nSPS) is 12.5. The Hall–Kier alpha value is -2.36. The second-order valence-corrected chi connectivity index (χ2v) is 7.43. The van der Waals surface area contributed by atoms with Crippen LogP contribution in [0.4, 0.5) is 32.2 Å². The van der Waals surface area contributed by atoms with E-state index >= 15 is 0 Å². The quantitative estimate of drug-likeness (QED) is 0.402. The van der Waals surface area contributed by atoms with Gasteiger partial charge in [-0.3, -0.25) is 0 Å². The third-order valence-electron chi connectivity index (χ3n) is 3.99. The highest BCUT2D eigenvalue weighted by atomic mass is 32.1. The number of aromatic nitrogens is 2. The molecule has 0 spiro atoms. The zero-order valence-corrected chi connectivity index (χ0v) is 15.4. The second kappa shape index (κ2) is 7.57. The molecule has 10 heteroatoms. The molecular weight excluding hydrogens is 404 g/mol. The van der Waals surface area contributed by atoms with E-state index in [2.05, 4.69) is 15.3 Å². The van der Waals surface area contributed by atoms with Crippen LogP contribution in [0.2, 0.25) is 0 Å². The van der Waals surface area contributed by atoms with Gasteiger partial charge in [-0.05, 0) is 43.5 Å². The number of anilines is 1. The molecule has 0 atom stereocenters. The van der Waals surface area contributed by atoms with Gasteiger partial charge in [0, 0.05) is 11.4 Å². The number of fused-ring (bicyclic) bond motifs is 1. The lowest BCUT2D eigenvalue weighted by molar-refractivity contribution is -0.144. The molecule has 3 aromatic rings. The van der Waals surface area contributed by atoms with Gasteiger partial charge in [0.1, 0.15) is 10.6 Å². The molecule has 2 aromatic heterocycles. The molecule has 0 aliphatic heterocycles. The van der Waals surface area contributed by atoms with Crippen molar-refractivity contribution in [1.82, 2.24) is 9.97 Å². The largest absolute Gasteiger partial charge is 0.451 e. The van der Waals surface area contributed by atoms with E-state index in [1.165, 1.54) is 12.1 Å². The number of benzene rings is 1. The molecule has 150 valence electrons. The van der Waals surface area contributed by atoms with E-state index in [-0.39, 0.29) is 10.6 Å². The number of aryl methyl sites for hydroxylation is 2. The first-order chi connectivity index (χ1) is 13.0. The predicted molar refractivity (Wildman–Crippen MR) is 95.4 cm³/mol. The minimum Gasteiger partial charge on any atom is -0.369 e. The maximum Gasteiger partial charge on any atom is 0.451 e. The van der Waals surface area contributed by atoms with E-state index in [0.717, 1.165) is 28.3 Å². The van der Waals surface area contributed by atoms with Crippen LogP contribution in [0.5, 0.6) is 0 Å². The Bertz CT molecular complexity index is 960. The highest BCUT2D eigenvalue weighted by Crippen LogP contribution is 2.34. The lowest BCUT2D eigenvalue weighted by atomic mass is 10.1. The van der Waals surface area contributed by atoms with Crippen LogP contribution in [0.1, 0.15) is 28.2 Å². The summed E-state index contributed by atoms with van der Waals surface area (Å²) in [5, 5.41) is 3.41. The maximum absolute atomic E-state index is 13.0. The van der Waals surface area contributed by atoms with Crippen LogP contribution < -0.4 is 5.32 Å². The molecule has 0 aliphatic rings. The monoisotopic (exact) mass is 419 g/mol. The molecule has 0 fully saturated rings. The molecule has 2 heterocycles. The van der Waals surface area contributed by atoms with Gasteiger partial charge in [0.05, 0.1) is 10.9 Å². The molecule has 0 saturated heterocycles. The van der Waals surface area contributed by atoms with Crippen LogP contribution in [0.25, 0.3) is 10.2 Å². The van der Waals surface area contributed by atoms with E-state index in [1.54, 1.807) is 13.0 Å². The van der Waals surface area contributed by atoms with Gasteiger partial charge in [0.15, 0.2) is 0 Å². The summed E-state index contributed by atoms with van der Waals surface area (Å²) < 4.78 is 76.7. The van der Waals surface area contributed by atoms with Crippen molar-refractivity contribution in [2.75, 3.05) is 11.9 Å². The fourth-order valence-corrected chi connectivity index (χ4v) is 3.54. The first-order valence-electron chi connectivity index (χ1n) is 8.29. The Morgan fingerprint density at radius 1 is 0.964 bits per heavy atom. The Morgan fingerprint density at radius 2 is 1.64 bits per heavy atom. The lowest BCUT2D eigenvalue weighted by Gasteiger charge is -2.11. The van der Waals surface area contributed by atoms with Crippen molar-refractivity contribution in [2.24, 2.45) is 0 Å². The van der Waals surface area contributed by atoms with Gasteiger partial charge in [0.25, 0.3) is 0 Å². The fourth-order valence-electron chi connectivity index (χ4n) is 2.66. The third-order valence-corrected chi connectivity index (χ3v) is 4.93. The van der Waals surface area contributed by atoms with Crippen molar-refractivity contribution < 1.29 is 26.3 Å². The number of alkyl halides is 6. The Morgan fingerprint density at radius 3 is 2.25 bits per heavy atom. The van der Waals surface area contributed by atoms with E-state index in [0.29, 0.717) is 30.3 Å². The first kappa shape index (κ1) is 20.4. The van der Waals surface area contributed by atoms with E-state index < -0.39 is 23.7 Å². The van der Waals surface area contributed by atoms with Crippen molar-refractivity contribution in [2.45, 2.75) is 32.1 Å². The van der Waals surface area contributed by atoms with Crippen LogP contribution in [0.15, 0.2) is 30.3 Å². The van der Waals surface area contributed by atoms with E-state index in [4.69, 9.17) is 0 Å².